The van der Waals surface area contributed by atoms with E-state index in [-0.39, 0.29) is 24.9 Å². The van der Waals surface area contributed by atoms with Gasteiger partial charge in [0.25, 0.3) is 0 Å². The Kier molecular flexibility index (Phi) is 8.97. The molecule has 2 amide bonds. The number of aliphatic hydroxyl groups is 4. The molecule has 0 aliphatic carbocycles. The van der Waals surface area contributed by atoms with Crippen molar-refractivity contribution in [2.75, 3.05) is 25.6 Å². The number of nitrogens with zero attached hydrogens (tertiary/aromatic N) is 3. The maximum Gasteiger partial charge on any atom is 0.345 e. The predicted octanol–water partition coefficient (Wildman–Crippen LogP) is -0.523. The molecular formula is C14H26ClN3O7. The van der Waals surface area contributed by atoms with Crippen molar-refractivity contribution in [3.8, 4) is 0 Å². The van der Waals surface area contributed by atoms with Crippen molar-refractivity contribution in [3.05, 3.63) is 4.91 Å². The molecule has 1 fully saturated rings. The average Bonchev–Trinajstić information content (AvgIpc) is 2.58. The van der Waals surface area contributed by atoms with Gasteiger partial charge in [-0.25, -0.2) is 4.79 Å². The Hall–Kier alpha value is -1.04. The number of hydrogen-bond acceptors (Lipinski definition) is 8. The summed E-state index contributed by atoms with van der Waals surface area (Å²) in [5.41, 5.74) is 0. The second kappa shape index (κ2) is 10.2. The van der Waals surface area contributed by atoms with E-state index in [9.17, 15) is 30.1 Å². The summed E-state index contributed by atoms with van der Waals surface area (Å²) in [7, 11) is 0. The van der Waals surface area contributed by atoms with Crippen LogP contribution in [0.5, 0.6) is 0 Å². The first-order valence-corrected chi connectivity index (χ1v) is 8.59. The summed E-state index contributed by atoms with van der Waals surface area (Å²) < 4.78 is 5.41. The van der Waals surface area contributed by atoms with Crippen LogP contribution >= 0.6 is 11.6 Å². The normalized spacial score (nSPS) is 29.5. The van der Waals surface area contributed by atoms with E-state index < -0.39 is 43.3 Å². The molecule has 1 unspecified atom stereocenters. The van der Waals surface area contributed by atoms with Gasteiger partial charge in [0, 0.05) is 12.4 Å². The van der Waals surface area contributed by atoms with Crippen LogP contribution < -0.4 is 0 Å². The second-order valence-electron chi connectivity index (χ2n) is 6.27. The smallest absolute Gasteiger partial charge is 0.345 e. The average molecular weight is 384 g/mol. The number of nitroso groups, excluding NO2 is 1. The lowest BCUT2D eigenvalue weighted by molar-refractivity contribution is -0.258. The molecule has 1 aliphatic rings. The first-order valence-electron chi connectivity index (χ1n) is 8.06. The number of halogens is 1. The molecule has 0 radical (unpaired) electrons. The molecule has 10 nitrogen and oxygen atoms in total. The second-order valence-corrected chi connectivity index (χ2v) is 6.65. The van der Waals surface area contributed by atoms with Gasteiger partial charge < -0.3 is 25.2 Å². The minimum absolute atomic E-state index is 0.0236. The van der Waals surface area contributed by atoms with Gasteiger partial charge in [0.15, 0.2) is 6.23 Å². The highest BCUT2D eigenvalue weighted by atomic mass is 35.5. The fraction of sp³-hybridized carbons (Fsp3) is 0.929. The predicted molar refractivity (Wildman–Crippen MR) is 88.5 cm³/mol. The molecule has 0 spiro atoms. The fourth-order valence-electron chi connectivity index (χ4n) is 2.47. The van der Waals surface area contributed by atoms with E-state index in [0.717, 1.165) is 4.90 Å². The summed E-state index contributed by atoms with van der Waals surface area (Å²) in [6.45, 7) is 3.19. The van der Waals surface area contributed by atoms with Crippen LogP contribution in [0, 0.1) is 10.8 Å². The molecule has 5 atom stereocenters. The number of ether oxygens (including phenoxy) is 1. The summed E-state index contributed by atoms with van der Waals surface area (Å²) in [6.07, 6.45) is -6.80. The zero-order valence-corrected chi connectivity index (χ0v) is 15.0. The Balaban J connectivity index is 3.07. The van der Waals surface area contributed by atoms with Gasteiger partial charge in [-0.2, -0.15) is 5.01 Å². The molecule has 146 valence electrons. The molecular weight excluding hydrogens is 358 g/mol. The minimum Gasteiger partial charge on any atom is -0.394 e. The quantitative estimate of drug-likeness (QED) is 0.251. The molecule has 0 bridgehead atoms. The van der Waals surface area contributed by atoms with E-state index in [2.05, 4.69) is 5.29 Å². The van der Waals surface area contributed by atoms with Gasteiger partial charge in [-0.3, -0.25) is 4.90 Å². The lowest BCUT2D eigenvalue weighted by Gasteiger charge is -2.45. The van der Waals surface area contributed by atoms with Crippen LogP contribution in [0.1, 0.15) is 20.3 Å². The number of urea groups is 1. The molecule has 25 heavy (non-hydrogen) atoms. The number of rotatable bonds is 8. The first-order chi connectivity index (χ1) is 11.8. The topological polar surface area (TPSA) is 143 Å². The molecule has 0 saturated carbocycles. The third-order valence-electron chi connectivity index (χ3n) is 3.98. The maximum absolute atomic E-state index is 12.6. The molecule has 0 aromatic carbocycles. The number of amides is 2. The highest BCUT2D eigenvalue weighted by Crippen LogP contribution is 2.25. The highest BCUT2D eigenvalue weighted by molar-refractivity contribution is 6.18. The monoisotopic (exact) mass is 383 g/mol. The highest BCUT2D eigenvalue weighted by Gasteiger charge is 2.47. The van der Waals surface area contributed by atoms with E-state index in [4.69, 9.17) is 16.3 Å². The summed E-state index contributed by atoms with van der Waals surface area (Å²) in [4.78, 5) is 24.6. The van der Waals surface area contributed by atoms with Crippen molar-refractivity contribution in [2.24, 2.45) is 11.2 Å². The SMILES string of the molecule is CC(C)CCN(C(=O)N(CCCl)N=O)C1O[C@H](CO)[C@H](O)[C@H](O)[C@H]1O. The van der Waals surface area contributed by atoms with Crippen LogP contribution in [0.2, 0.25) is 0 Å². The summed E-state index contributed by atoms with van der Waals surface area (Å²) in [5.74, 6) is 0.176. The Morgan fingerprint density at radius 3 is 2.32 bits per heavy atom. The van der Waals surface area contributed by atoms with Gasteiger partial charge in [0.2, 0.25) is 0 Å². The Morgan fingerprint density at radius 1 is 1.20 bits per heavy atom. The van der Waals surface area contributed by atoms with Crippen molar-refractivity contribution in [2.45, 2.75) is 50.9 Å². The lowest BCUT2D eigenvalue weighted by atomic mass is 9.97. The maximum atomic E-state index is 12.6. The molecule has 4 N–H and O–H groups in total. The third kappa shape index (κ3) is 5.47. The van der Waals surface area contributed by atoms with E-state index in [1.54, 1.807) is 0 Å². The van der Waals surface area contributed by atoms with Gasteiger partial charge >= 0.3 is 6.03 Å². The molecule has 1 heterocycles. The van der Waals surface area contributed by atoms with Crippen LogP contribution in [0.4, 0.5) is 4.79 Å². The number of alkyl halides is 1. The van der Waals surface area contributed by atoms with Crippen LogP contribution in [0.15, 0.2) is 5.29 Å². The van der Waals surface area contributed by atoms with Crippen molar-refractivity contribution in [3.63, 3.8) is 0 Å². The molecule has 1 rings (SSSR count). The third-order valence-corrected chi connectivity index (χ3v) is 4.15. The van der Waals surface area contributed by atoms with E-state index in [1.807, 2.05) is 13.8 Å². The zero-order chi connectivity index (χ0) is 19.1. The van der Waals surface area contributed by atoms with Crippen molar-refractivity contribution in [1.82, 2.24) is 9.91 Å². The standard InChI is InChI=1S/C14H26ClN3O7/c1-8(2)3-5-17(14(23)18(16-24)6-4-15)13-12(22)11(21)10(20)9(7-19)25-13/h8-13,19-22H,3-7H2,1-2H3/t9-,10+,11+,12-,13?/m1/s1. The molecule has 0 aromatic rings. The van der Waals surface area contributed by atoms with Crippen molar-refractivity contribution >= 4 is 17.6 Å². The van der Waals surface area contributed by atoms with Crippen molar-refractivity contribution < 1.29 is 30.0 Å². The number of aliphatic hydroxyl groups excluding tert-OH is 4. The van der Waals surface area contributed by atoms with Crippen LogP contribution in [-0.2, 0) is 4.74 Å². The number of hydrogen-bond donors (Lipinski definition) is 4. The number of carbonyl (C=O) groups excluding carboxylic acids is 1. The Labute approximate surface area is 150 Å². The summed E-state index contributed by atoms with van der Waals surface area (Å²) in [5, 5.41) is 42.5. The minimum atomic E-state index is -1.63. The van der Waals surface area contributed by atoms with Crippen molar-refractivity contribution in [1.29, 1.82) is 0 Å². The largest absolute Gasteiger partial charge is 0.394 e. The van der Waals surface area contributed by atoms with Crippen LogP contribution in [0.3, 0.4) is 0 Å². The van der Waals surface area contributed by atoms with Crippen LogP contribution in [-0.4, -0.2) is 92.6 Å². The Bertz CT molecular complexity index is 441. The summed E-state index contributed by atoms with van der Waals surface area (Å²) in [6, 6.07) is -0.847. The molecule has 1 saturated heterocycles. The fourth-order valence-corrected chi connectivity index (χ4v) is 2.63. The summed E-state index contributed by atoms with van der Waals surface area (Å²) >= 11 is 5.56. The Morgan fingerprint density at radius 2 is 1.84 bits per heavy atom. The van der Waals surface area contributed by atoms with Crippen LogP contribution in [0.25, 0.3) is 0 Å². The van der Waals surface area contributed by atoms with Gasteiger partial charge in [-0.1, -0.05) is 13.8 Å². The van der Waals surface area contributed by atoms with Gasteiger partial charge in [0.05, 0.1) is 18.4 Å². The lowest BCUT2D eigenvalue weighted by Crippen LogP contribution is -2.65. The van der Waals surface area contributed by atoms with E-state index >= 15 is 0 Å². The molecule has 11 heteroatoms. The van der Waals surface area contributed by atoms with Gasteiger partial charge in [0.1, 0.15) is 24.4 Å². The number of carbonyl (C=O) groups is 1. The van der Waals surface area contributed by atoms with Gasteiger partial charge in [-0.05, 0) is 12.3 Å². The van der Waals surface area contributed by atoms with Gasteiger partial charge in [-0.15, -0.1) is 16.5 Å². The van der Waals surface area contributed by atoms with E-state index in [1.165, 1.54) is 0 Å². The molecule has 0 aromatic heterocycles. The molecule has 1 aliphatic heterocycles. The van der Waals surface area contributed by atoms with E-state index in [0.29, 0.717) is 11.4 Å². The zero-order valence-electron chi connectivity index (χ0n) is 14.2. The first kappa shape index (κ1) is 22.0.